The van der Waals surface area contributed by atoms with Crippen molar-refractivity contribution in [1.29, 1.82) is 0 Å². The molecule has 1 nitrogen and oxygen atoms in total. The molecule has 16 heavy (non-hydrogen) atoms. The topological polar surface area (TPSA) is 12.0 Å². The second-order valence-electron chi connectivity index (χ2n) is 4.52. The second kappa shape index (κ2) is 4.80. The van der Waals surface area contributed by atoms with Crippen molar-refractivity contribution >= 4 is 11.3 Å². The number of hydrogen-bond donors (Lipinski definition) is 1. The normalized spacial score (nSPS) is 23.2. The second-order valence-corrected chi connectivity index (χ2v) is 5.30. The van der Waals surface area contributed by atoms with Gasteiger partial charge in [-0.2, -0.15) is 11.3 Å². The first-order chi connectivity index (χ1) is 7.62. The number of alkyl halides is 2. The Morgan fingerprint density at radius 2 is 2.12 bits per heavy atom. The minimum Gasteiger partial charge on any atom is -0.313 e. The van der Waals surface area contributed by atoms with Gasteiger partial charge < -0.3 is 5.32 Å². The molecular weight excluding hydrogens is 228 g/mol. The Kier molecular flexibility index (Phi) is 3.60. The molecule has 1 unspecified atom stereocenters. The van der Waals surface area contributed by atoms with Crippen LogP contribution in [0.15, 0.2) is 16.8 Å². The number of halogens is 2. The first-order valence-corrected chi connectivity index (χ1v) is 6.64. The Morgan fingerprint density at radius 3 is 2.62 bits per heavy atom. The van der Waals surface area contributed by atoms with Crippen LogP contribution in [0.5, 0.6) is 0 Å². The molecule has 0 amide bonds. The van der Waals surface area contributed by atoms with E-state index in [4.69, 9.17) is 0 Å². The van der Waals surface area contributed by atoms with Crippen LogP contribution in [-0.4, -0.2) is 13.0 Å². The minimum absolute atomic E-state index is 0.0417. The van der Waals surface area contributed by atoms with Crippen molar-refractivity contribution < 1.29 is 8.78 Å². The molecular formula is C12H17F2NS. The lowest BCUT2D eigenvalue weighted by molar-refractivity contribution is -0.0494. The molecule has 0 saturated heterocycles. The van der Waals surface area contributed by atoms with E-state index < -0.39 is 5.92 Å². The Hall–Kier alpha value is -0.480. The van der Waals surface area contributed by atoms with E-state index in [0.29, 0.717) is 18.8 Å². The van der Waals surface area contributed by atoms with E-state index in [1.807, 2.05) is 12.4 Å². The molecule has 90 valence electrons. The summed E-state index contributed by atoms with van der Waals surface area (Å²) in [6, 6.07) is 2.32. The third-order valence-corrected chi connectivity index (χ3v) is 4.15. The minimum atomic E-state index is -2.43. The van der Waals surface area contributed by atoms with Gasteiger partial charge in [0, 0.05) is 18.9 Å². The fourth-order valence-electron chi connectivity index (χ4n) is 2.52. The van der Waals surface area contributed by atoms with Crippen LogP contribution in [0, 0.1) is 5.92 Å². The molecule has 2 rings (SSSR count). The van der Waals surface area contributed by atoms with Crippen LogP contribution in [0.3, 0.4) is 0 Å². The summed E-state index contributed by atoms with van der Waals surface area (Å²) in [6.45, 7) is 0. The van der Waals surface area contributed by atoms with E-state index in [1.54, 1.807) is 11.3 Å². The standard InChI is InChI=1S/C12H17F2NS/c1-15-11(10-4-7-16-8-10)9-2-5-12(13,14)6-3-9/h4,7-9,11,15H,2-3,5-6H2,1H3. The van der Waals surface area contributed by atoms with Crippen molar-refractivity contribution in [3.05, 3.63) is 22.4 Å². The quantitative estimate of drug-likeness (QED) is 0.853. The van der Waals surface area contributed by atoms with Crippen LogP contribution in [0.25, 0.3) is 0 Å². The van der Waals surface area contributed by atoms with Crippen molar-refractivity contribution in [3.8, 4) is 0 Å². The Labute approximate surface area is 98.9 Å². The van der Waals surface area contributed by atoms with Gasteiger partial charge in [0.05, 0.1) is 0 Å². The number of nitrogens with one attached hydrogen (secondary N) is 1. The summed E-state index contributed by atoms with van der Waals surface area (Å²) in [5.41, 5.74) is 1.24. The third kappa shape index (κ3) is 2.61. The van der Waals surface area contributed by atoms with Crippen molar-refractivity contribution in [2.45, 2.75) is 37.6 Å². The molecule has 0 aliphatic heterocycles. The van der Waals surface area contributed by atoms with Crippen LogP contribution in [0.4, 0.5) is 8.78 Å². The molecule has 1 saturated carbocycles. The highest BCUT2D eigenvalue weighted by atomic mass is 32.1. The van der Waals surface area contributed by atoms with Gasteiger partial charge >= 0.3 is 0 Å². The largest absolute Gasteiger partial charge is 0.313 e. The number of rotatable bonds is 3. The van der Waals surface area contributed by atoms with Crippen LogP contribution < -0.4 is 5.32 Å². The summed E-state index contributed by atoms with van der Waals surface area (Å²) in [6.07, 6.45) is 1.32. The molecule has 0 aromatic carbocycles. The molecule has 0 radical (unpaired) electrons. The van der Waals surface area contributed by atoms with Crippen molar-refractivity contribution in [2.24, 2.45) is 5.92 Å². The highest BCUT2D eigenvalue weighted by Crippen LogP contribution is 2.41. The van der Waals surface area contributed by atoms with Crippen molar-refractivity contribution in [1.82, 2.24) is 5.32 Å². The Balaban J connectivity index is 2.02. The van der Waals surface area contributed by atoms with Crippen LogP contribution in [0.2, 0.25) is 0 Å². The summed E-state index contributed by atoms with van der Waals surface area (Å²) in [7, 11) is 1.91. The Morgan fingerprint density at radius 1 is 1.44 bits per heavy atom. The zero-order valence-corrected chi connectivity index (χ0v) is 10.2. The van der Waals surface area contributed by atoms with E-state index in [2.05, 4.69) is 16.8 Å². The van der Waals surface area contributed by atoms with Crippen LogP contribution >= 0.6 is 11.3 Å². The summed E-state index contributed by atoms with van der Waals surface area (Å²) < 4.78 is 26.1. The van der Waals surface area contributed by atoms with Gasteiger partial charge in [-0.15, -0.1) is 0 Å². The SMILES string of the molecule is CNC(c1ccsc1)C1CCC(F)(F)CC1. The van der Waals surface area contributed by atoms with Crippen molar-refractivity contribution in [2.75, 3.05) is 7.05 Å². The lowest BCUT2D eigenvalue weighted by Crippen LogP contribution is -2.32. The summed E-state index contributed by atoms with van der Waals surface area (Å²) in [5, 5.41) is 7.41. The number of hydrogen-bond acceptors (Lipinski definition) is 2. The first-order valence-electron chi connectivity index (χ1n) is 5.69. The lowest BCUT2D eigenvalue weighted by atomic mass is 9.80. The third-order valence-electron chi connectivity index (χ3n) is 3.45. The maximum absolute atomic E-state index is 13.1. The molecule has 4 heteroatoms. The fourth-order valence-corrected chi connectivity index (χ4v) is 3.22. The fraction of sp³-hybridized carbons (Fsp3) is 0.667. The molecule has 1 aliphatic rings. The van der Waals surface area contributed by atoms with E-state index in [0.717, 1.165) is 0 Å². The molecule has 1 N–H and O–H groups in total. The molecule has 0 spiro atoms. The Bertz CT molecular complexity index is 314. The van der Waals surface area contributed by atoms with Gasteiger partial charge in [0.15, 0.2) is 0 Å². The summed E-state index contributed by atoms with van der Waals surface area (Å²) >= 11 is 1.66. The monoisotopic (exact) mass is 245 g/mol. The van der Waals surface area contributed by atoms with E-state index >= 15 is 0 Å². The maximum Gasteiger partial charge on any atom is 0.248 e. The van der Waals surface area contributed by atoms with Gasteiger partial charge in [0.25, 0.3) is 0 Å². The van der Waals surface area contributed by atoms with Crippen LogP contribution in [-0.2, 0) is 0 Å². The summed E-state index contributed by atoms with van der Waals surface area (Å²) in [4.78, 5) is 0. The molecule has 1 aromatic rings. The van der Waals surface area contributed by atoms with Gasteiger partial charge in [-0.05, 0) is 48.2 Å². The van der Waals surface area contributed by atoms with Gasteiger partial charge in [-0.1, -0.05) is 0 Å². The predicted octanol–water partition coefficient (Wildman–Crippen LogP) is 3.83. The van der Waals surface area contributed by atoms with Crippen molar-refractivity contribution in [3.63, 3.8) is 0 Å². The molecule has 1 heterocycles. The van der Waals surface area contributed by atoms with E-state index in [-0.39, 0.29) is 18.9 Å². The highest BCUT2D eigenvalue weighted by molar-refractivity contribution is 7.07. The summed E-state index contributed by atoms with van der Waals surface area (Å²) in [5.74, 6) is -2.08. The zero-order valence-electron chi connectivity index (χ0n) is 9.38. The lowest BCUT2D eigenvalue weighted by Gasteiger charge is -2.33. The first kappa shape index (κ1) is 12.0. The van der Waals surface area contributed by atoms with Gasteiger partial charge in [0.1, 0.15) is 0 Å². The molecule has 0 bridgehead atoms. The molecule has 1 aliphatic carbocycles. The van der Waals surface area contributed by atoms with E-state index in [9.17, 15) is 8.78 Å². The average molecular weight is 245 g/mol. The van der Waals surface area contributed by atoms with Crippen LogP contribution in [0.1, 0.15) is 37.3 Å². The van der Waals surface area contributed by atoms with Gasteiger partial charge in [-0.25, -0.2) is 8.78 Å². The predicted molar refractivity (Wildman–Crippen MR) is 63.0 cm³/mol. The van der Waals surface area contributed by atoms with E-state index in [1.165, 1.54) is 5.56 Å². The number of thiophene rings is 1. The van der Waals surface area contributed by atoms with Gasteiger partial charge in [-0.3, -0.25) is 0 Å². The molecule has 1 aromatic heterocycles. The van der Waals surface area contributed by atoms with Gasteiger partial charge in [0.2, 0.25) is 5.92 Å². The molecule has 1 fully saturated rings. The zero-order chi connectivity index (χ0) is 11.6. The molecule has 1 atom stereocenters. The maximum atomic E-state index is 13.1. The average Bonchev–Trinajstić information content (AvgIpc) is 2.75. The smallest absolute Gasteiger partial charge is 0.248 e. The highest BCUT2D eigenvalue weighted by Gasteiger charge is 2.37.